The SMILES string of the molecule is CCC1CCCCC1NC(=O)N1CCC(OCC2CCOC2)CC1. The number of nitrogens with one attached hydrogen (secondary N) is 1. The highest BCUT2D eigenvalue weighted by Crippen LogP contribution is 2.27. The molecule has 1 aliphatic carbocycles. The first-order chi connectivity index (χ1) is 11.8. The van der Waals surface area contributed by atoms with Gasteiger partial charge in [0.05, 0.1) is 19.3 Å². The van der Waals surface area contributed by atoms with Crippen LogP contribution in [0.15, 0.2) is 0 Å². The van der Waals surface area contributed by atoms with E-state index in [9.17, 15) is 4.79 Å². The summed E-state index contributed by atoms with van der Waals surface area (Å²) in [6.45, 7) is 6.43. The van der Waals surface area contributed by atoms with E-state index in [1.807, 2.05) is 4.90 Å². The van der Waals surface area contributed by atoms with Gasteiger partial charge >= 0.3 is 6.03 Å². The van der Waals surface area contributed by atoms with Gasteiger partial charge < -0.3 is 19.7 Å². The molecule has 2 heterocycles. The number of ether oxygens (including phenoxy) is 2. The van der Waals surface area contributed by atoms with Crippen LogP contribution in [-0.4, -0.2) is 56.0 Å². The highest BCUT2D eigenvalue weighted by Gasteiger charge is 2.29. The maximum Gasteiger partial charge on any atom is 0.317 e. The molecule has 0 aromatic heterocycles. The molecule has 5 nitrogen and oxygen atoms in total. The van der Waals surface area contributed by atoms with Gasteiger partial charge in [-0.1, -0.05) is 26.2 Å². The Hall–Kier alpha value is -0.810. The Morgan fingerprint density at radius 3 is 2.67 bits per heavy atom. The average molecular weight is 338 g/mol. The maximum atomic E-state index is 12.6. The van der Waals surface area contributed by atoms with Crippen molar-refractivity contribution in [3.05, 3.63) is 0 Å². The molecule has 0 radical (unpaired) electrons. The van der Waals surface area contributed by atoms with Gasteiger partial charge in [0.1, 0.15) is 0 Å². The molecule has 3 unspecified atom stereocenters. The van der Waals surface area contributed by atoms with Crippen LogP contribution in [0.1, 0.15) is 58.3 Å². The number of rotatable bonds is 5. The van der Waals surface area contributed by atoms with Gasteiger partial charge in [-0.2, -0.15) is 0 Å². The summed E-state index contributed by atoms with van der Waals surface area (Å²) in [4.78, 5) is 14.5. The molecule has 0 aromatic carbocycles. The summed E-state index contributed by atoms with van der Waals surface area (Å²) in [5.74, 6) is 1.24. The molecule has 3 atom stereocenters. The Kier molecular flexibility index (Phi) is 6.78. The Labute approximate surface area is 146 Å². The van der Waals surface area contributed by atoms with Crippen LogP contribution in [0.5, 0.6) is 0 Å². The number of nitrogens with zero attached hydrogens (tertiary/aromatic N) is 1. The van der Waals surface area contributed by atoms with Crippen molar-refractivity contribution in [2.45, 2.75) is 70.4 Å². The maximum absolute atomic E-state index is 12.6. The van der Waals surface area contributed by atoms with Gasteiger partial charge in [0.25, 0.3) is 0 Å². The molecule has 24 heavy (non-hydrogen) atoms. The van der Waals surface area contributed by atoms with Crippen LogP contribution in [0.4, 0.5) is 4.79 Å². The second-order valence-corrected chi connectivity index (χ2v) is 7.76. The van der Waals surface area contributed by atoms with Gasteiger partial charge in [-0.3, -0.25) is 0 Å². The molecule has 3 fully saturated rings. The third-order valence-electron chi connectivity index (χ3n) is 6.06. The molecule has 5 heteroatoms. The van der Waals surface area contributed by atoms with Gasteiger partial charge in [0.15, 0.2) is 0 Å². The quantitative estimate of drug-likeness (QED) is 0.837. The molecule has 2 saturated heterocycles. The number of piperidine rings is 1. The van der Waals surface area contributed by atoms with Crippen molar-refractivity contribution in [1.29, 1.82) is 0 Å². The molecule has 1 N–H and O–H groups in total. The number of carbonyl (C=O) groups excluding carboxylic acids is 1. The fourth-order valence-electron chi connectivity index (χ4n) is 4.35. The third kappa shape index (κ3) is 4.85. The summed E-state index contributed by atoms with van der Waals surface area (Å²) in [5, 5.41) is 3.31. The Bertz CT molecular complexity index is 390. The van der Waals surface area contributed by atoms with Gasteiger partial charge in [-0.15, -0.1) is 0 Å². The van der Waals surface area contributed by atoms with Crippen molar-refractivity contribution in [1.82, 2.24) is 10.2 Å². The fourth-order valence-corrected chi connectivity index (χ4v) is 4.35. The number of likely N-dealkylation sites (tertiary alicyclic amines) is 1. The summed E-state index contributed by atoms with van der Waals surface area (Å²) >= 11 is 0. The van der Waals surface area contributed by atoms with Crippen molar-refractivity contribution in [3.63, 3.8) is 0 Å². The molecule has 0 bridgehead atoms. The van der Waals surface area contributed by atoms with E-state index < -0.39 is 0 Å². The van der Waals surface area contributed by atoms with E-state index in [0.29, 0.717) is 24.0 Å². The summed E-state index contributed by atoms with van der Waals surface area (Å²) in [6.07, 6.45) is 9.52. The first kappa shape index (κ1) is 18.0. The zero-order valence-electron chi connectivity index (χ0n) is 15.2. The van der Waals surface area contributed by atoms with Crippen LogP contribution in [0.3, 0.4) is 0 Å². The number of hydrogen-bond donors (Lipinski definition) is 1. The monoisotopic (exact) mass is 338 g/mol. The first-order valence-electron chi connectivity index (χ1n) is 10.0. The van der Waals surface area contributed by atoms with Crippen LogP contribution in [-0.2, 0) is 9.47 Å². The van der Waals surface area contributed by atoms with Crippen LogP contribution >= 0.6 is 0 Å². The van der Waals surface area contributed by atoms with E-state index in [0.717, 1.165) is 58.6 Å². The van der Waals surface area contributed by atoms with Crippen molar-refractivity contribution in [3.8, 4) is 0 Å². The van der Waals surface area contributed by atoms with Crippen LogP contribution in [0.2, 0.25) is 0 Å². The van der Waals surface area contributed by atoms with E-state index in [4.69, 9.17) is 9.47 Å². The molecule has 3 rings (SSSR count). The van der Waals surface area contributed by atoms with Crippen LogP contribution < -0.4 is 5.32 Å². The third-order valence-corrected chi connectivity index (χ3v) is 6.06. The summed E-state index contributed by atoms with van der Waals surface area (Å²) in [6, 6.07) is 0.524. The Morgan fingerprint density at radius 1 is 1.17 bits per heavy atom. The van der Waals surface area contributed by atoms with Crippen molar-refractivity contribution >= 4 is 6.03 Å². The number of amides is 2. The van der Waals surface area contributed by atoms with Gasteiger partial charge in [-0.05, 0) is 38.0 Å². The number of hydrogen-bond acceptors (Lipinski definition) is 3. The lowest BCUT2D eigenvalue weighted by Crippen LogP contribution is -2.51. The summed E-state index contributed by atoms with van der Waals surface area (Å²) in [7, 11) is 0. The van der Waals surface area contributed by atoms with E-state index in [-0.39, 0.29) is 6.03 Å². The second kappa shape index (κ2) is 9.04. The fraction of sp³-hybridized carbons (Fsp3) is 0.947. The Morgan fingerprint density at radius 2 is 1.96 bits per heavy atom. The zero-order valence-corrected chi connectivity index (χ0v) is 15.2. The second-order valence-electron chi connectivity index (χ2n) is 7.76. The highest BCUT2D eigenvalue weighted by atomic mass is 16.5. The van der Waals surface area contributed by atoms with Crippen molar-refractivity contribution in [2.24, 2.45) is 11.8 Å². The molecule has 0 aromatic rings. The van der Waals surface area contributed by atoms with Crippen molar-refractivity contribution in [2.75, 3.05) is 32.9 Å². The lowest BCUT2D eigenvalue weighted by Gasteiger charge is -2.36. The lowest BCUT2D eigenvalue weighted by atomic mass is 9.83. The minimum absolute atomic E-state index is 0.142. The molecular formula is C19H34N2O3. The number of carbonyl (C=O) groups is 1. The largest absolute Gasteiger partial charge is 0.381 e. The predicted octanol–water partition coefficient (Wildman–Crippen LogP) is 3.18. The molecule has 3 aliphatic rings. The average Bonchev–Trinajstić information content (AvgIpc) is 3.14. The molecular weight excluding hydrogens is 304 g/mol. The Balaban J connectivity index is 1.36. The normalized spacial score (nSPS) is 32.0. The molecule has 0 spiro atoms. The summed E-state index contributed by atoms with van der Waals surface area (Å²) < 4.78 is 11.4. The topological polar surface area (TPSA) is 50.8 Å². The minimum atomic E-state index is 0.142. The molecule has 1 saturated carbocycles. The van der Waals surface area contributed by atoms with Crippen molar-refractivity contribution < 1.29 is 14.3 Å². The van der Waals surface area contributed by atoms with Crippen LogP contribution in [0.25, 0.3) is 0 Å². The van der Waals surface area contributed by atoms with E-state index in [2.05, 4.69) is 12.2 Å². The van der Waals surface area contributed by atoms with E-state index >= 15 is 0 Å². The van der Waals surface area contributed by atoms with Gasteiger partial charge in [0.2, 0.25) is 0 Å². The van der Waals surface area contributed by atoms with Gasteiger partial charge in [0, 0.05) is 31.7 Å². The van der Waals surface area contributed by atoms with Crippen LogP contribution in [0, 0.1) is 11.8 Å². The van der Waals surface area contributed by atoms with Gasteiger partial charge in [-0.25, -0.2) is 4.79 Å². The van der Waals surface area contributed by atoms with E-state index in [1.54, 1.807) is 0 Å². The molecule has 2 amide bonds. The lowest BCUT2D eigenvalue weighted by molar-refractivity contribution is -0.00463. The molecule has 2 aliphatic heterocycles. The smallest absolute Gasteiger partial charge is 0.317 e. The molecule has 138 valence electrons. The summed E-state index contributed by atoms with van der Waals surface area (Å²) in [5.41, 5.74) is 0. The number of urea groups is 1. The zero-order chi connectivity index (χ0) is 16.8. The minimum Gasteiger partial charge on any atom is -0.381 e. The predicted molar refractivity (Wildman–Crippen MR) is 94.0 cm³/mol. The first-order valence-corrected chi connectivity index (χ1v) is 10.0. The highest BCUT2D eigenvalue weighted by molar-refractivity contribution is 5.74. The standard InChI is InChI=1S/C19H34N2O3/c1-2-16-5-3-4-6-18(16)20-19(22)21-10-7-17(8-11-21)24-14-15-9-12-23-13-15/h15-18H,2-14H2,1H3,(H,20,22). The van der Waals surface area contributed by atoms with E-state index in [1.165, 1.54) is 25.7 Å².